The lowest BCUT2D eigenvalue weighted by Gasteiger charge is -2.23. The standard InChI is InChI=1S/C18H23N3O2S/c1-13-9-14(2)11-16(10-13)21-6-5-19-18(21)24-12-17(22)20-15-3-7-23-8-4-15/h5-6,9-11,15H,3-4,7-8,12H2,1-2H3,(H,20,22). The first kappa shape index (κ1) is 17.0. The van der Waals surface area contributed by atoms with E-state index in [2.05, 4.69) is 42.3 Å². The molecule has 0 bridgehead atoms. The quantitative estimate of drug-likeness (QED) is 0.847. The van der Waals surface area contributed by atoms with Gasteiger partial charge in [-0.25, -0.2) is 4.98 Å². The van der Waals surface area contributed by atoms with E-state index in [4.69, 9.17) is 4.74 Å². The highest BCUT2D eigenvalue weighted by atomic mass is 32.2. The van der Waals surface area contributed by atoms with Gasteiger partial charge in [0.1, 0.15) is 0 Å². The highest BCUT2D eigenvalue weighted by Crippen LogP contribution is 2.22. The van der Waals surface area contributed by atoms with Crippen molar-refractivity contribution in [3.05, 3.63) is 41.7 Å². The molecule has 0 saturated carbocycles. The Morgan fingerprint density at radius 1 is 1.29 bits per heavy atom. The topological polar surface area (TPSA) is 56.2 Å². The lowest BCUT2D eigenvalue weighted by atomic mass is 10.1. The largest absolute Gasteiger partial charge is 0.381 e. The first-order valence-corrected chi connectivity index (χ1v) is 9.22. The molecule has 1 aliphatic heterocycles. The van der Waals surface area contributed by atoms with Crippen LogP contribution in [0.15, 0.2) is 35.7 Å². The van der Waals surface area contributed by atoms with Gasteiger partial charge in [0.25, 0.3) is 0 Å². The van der Waals surface area contributed by atoms with Gasteiger partial charge in [0.2, 0.25) is 5.91 Å². The average molecular weight is 345 g/mol. The molecule has 1 fully saturated rings. The molecule has 2 heterocycles. The molecule has 0 spiro atoms. The van der Waals surface area contributed by atoms with Crippen molar-refractivity contribution < 1.29 is 9.53 Å². The van der Waals surface area contributed by atoms with Crippen LogP contribution in [0.5, 0.6) is 0 Å². The van der Waals surface area contributed by atoms with Gasteiger partial charge in [-0.15, -0.1) is 0 Å². The zero-order valence-electron chi connectivity index (χ0n) is 14.1. The van der Waals surface area contributed by atoms with E-state index in [1.54, 1.807) is 6.20 Å². The Morgan fingerprint density at radius 3 is 2.71 bits per heavy atom. The van der Waals surface area contributed by atoms with Crippen LogP contribution in [0.4, 0.5) is 0 Å². The Labute approximate surface area is 146 Å². The van der Waals surface area contributed by atoms with Crippen molar-refractivity contribution >= 4 is 17.7 Å². The number of carbonyl (C=O) groups excluding carboxylic acids is 1. The number of aromatic nitrogens is 2. The fourth-order valence-corrected chi connectivity index (χ4v) is 3.71. The number of benzene rings is 1. The molecule has 2 aromatic rings. The zero-order chi connectivity index (χ0) is 16.9. The normalized spacial score (nSPS) is 15.4. The number of ether oxygens (including phenoxy) is 1. The Hall–Kier alpha value is -1.79. The van der Waals surface area contributed by atoms with Crippen molar-refractivity contribution in [1.82, 2.24) is 14.9 Å². The Balaban J connectivity index is 1.62. The van der Waals surface area contributed by atoms with Gasteiger partial charge in [0.15, 0.2) is 5.16 Å². The molecular weight excluding hydrogens is 322 g/mol. The minimum absolute atomic E-state index is 0.0573. The minimum Gasteiger partial charge on any atom is -0.381 e. The summed E-state index contributed by atoms with van der Waals surface area (Å²) in [4.78, 5) is 16.5. The van der Waals surface area contributed by atoms with Gasteiger partial charge in [0.05, 0.1) is 5.75 Å². The first-order chi connectivity index (χ1) is 11.6. The molecule has 0 unspecified atom stereocenters. The van der Waals surface area contributed by atoms with Gasteiger partial charge in [-0.05, 0) is 49.9 Å². The number of hydrogen-bond donors (Lipinski definition) is 1. The molecule has 1 amide bonds. The number of carbonyl (C=O) groups is 1. The van der Waals surface area contributed by atoms with Crippen molar-refractivity contribution in [3.63, 3.8) is 0 Å². The summed E-state index contributed by atoms with van der Waals surface area (Å²) in [5.41, 5.74) is 3.51. The van der Waals surface area contributed by atoms with Crippen LogP contribution in [0.3, 0.4) is 0 Å². The van der Waals surface area contributed by atoms with E-state index in [-0.39, 0.29) is 11.9 Å². The highest BCUT2D eigenvalue weighted by Gasteiger charge is 2.17. The maximum atomic E-state index is 12.2. The van der Waals surface area contributed by atoms with E-state index in [9.17, 15) is 4.79 Å². The van der Waals surface area contributed by atoms with Gasteiger partial charge in [0, 0.05) is 37.3 Å². The van der Waals surface area contributed by atoms with E-state index >= 15 is 0 Å². The molecule has 0 atom stereocenters. The molecule has 1 aliphatic rings. The molecule has 1 saturated heterocycles. The second-order valence-electron chi connectivity index (χ2n) is 6.17. The smallest absolute Gasteiger partial charge is 0.230 e. The van der Waals surface area contributed by atoms with Crippen LogP contribution in [0.25, 0.3) is 5.69 Å². The predicted octanol–water partition coefficient (Wildman–Crippen LogP) is 2.88. The van der Waals surface area contributed by atoms with Crippen molar-refractivity contribution in [2.24, 2.45) is 0 Å². The second kappa shape index (κ2) is 7.85. The SMILES string of the molecule is Cc1cc(C)cc(-n2ccnc2SCC(=O)NC2CCOCC2)c1. The summed E-state index contributed by atoms with van der Waals surface area (Å²) in [5, 5.41) is 3.92. The number of nitrogens with zero attached hydrogens (tertiary/aromatic N) is 2. The minimum atomic E-state index is 0.0573. The van der Waals surface area contributed by atoms with Gasteiger partial charge < -0.3 is 10.1 Å². The third-order valence-corrected chi connectivity index (χ3v) is 4.98. The number of amides is 1. The van der Waals surface area contributed by atoms with Crippen molar-refractivity contribution in [1.29, 1.82) is 0 Å². The van der Waals surface area contributed by atoms with Gasteiger partial charge in [-0.3, -0.25) is 9.36 Å². The van der Waals surface area contributed by atoms with Crippen LogP contribution in [-0.4, -0.2) is 40.5 Å². The van der Waals surface area contributed by atoms with Crippen LogP contribution >= 0.6 is 11.8 Å². The molecule has 128 valence electrons. The molecule has 5 nitrogen and oxygen atoms in total. The number of rotatable bonds is 5. The lowest BCUT2D eigenvalue weighted by molar-refractivity contribution is -0.119. The summed E-state index contributed by atoms with van der Waals surface area (Å²) >= 11 is 1.47. The van der Waals surface area contributed by atoms with Gasteiger partial charge in [-0.1, -0.05) is 17.8 Å². The van der Waals surface area contributed by atoms with Gasteiger partial charge >= 0.3 is 0 Å². The van der Waals surface area contributed by atoms with Crippen molar-refractivity contribution in [2.75, 3.05) is 19.0 Å². The number of nitrogens with one attached hydrogen (secondary N) is 1. The monoisotopic (exact) mass is 345 g/mol. The lowest BCUT2D eigenvalue weighted by Crippen LogP contribution is -2.39. The second-order valence-corrected chi connectivity index (χ2v) is 7.11. The van der Waals surface area contributed by atoms with E-state index in [0.717, 1.165) is 36.9 Å². The Morgan fingerprint density at radius 2 is 2.00 bits per heavy atom. The van der Waals surface area contributed by atoms with E-state index < -0.39 is 0 Å². The summed E-state index contributed by atoms with van der Waals surface area (Å²) < 4.78 is 7.35. The maximum absolute atomic E-state index is 12.2. The van der Waals surface area contributed by atoms with Crippen molar-refractivity contribution in [2.45, 2.75) is 37.9 Å². The van der Waals surface area contributed by atoms with E-state index in [1.165, 1.54) is 22.9 Å². The summed E-state index contributed by atoms with van der Waals surface area (Å²) in [6, 6.07) is 6.64. The number of imidazole rings is 1. The average Bonchev–Trinajstić information content (AvgIpc) is 3.01. The summed E-state index contributed by atoms with van der Waals surface area (Å²) in [5.74, 6) is 0.431. The van der Waals surface area contributed by atoms with Crippen LogP contribution in [0.2, 0.25) is 0 Å². The first-order valence-electron chi connectivity index (χ1n) is 8.24. The zero-order valence-corrected chi connectivity index (χ0v) is 14.9. The fourth-order valence-electron chi connectivity index (χ4n) is 2.92. The molecule has 6 heteroatoms. The van der Waals surface area contributed by atoms with Crippen molar-refractivity contribution in [3.8, 4) is 5.69 Å². The van der Waals surface area contributed by atoms with Crippen LogP contribution in [0, 0.1) is 13.8 Å². The molecule has 3 rings (SSSR count). The summed E-state index contributed by atoms with van der Waals surface area (Å²) in [6.07, 6.45) is 5.50. The molecule has 24 heavy (non-hydrogen) atoms. The molecule has 1 aromatic carbocycles. The molecule has 0 radical (unpaired) electrons. The summed E-state index contributed by atoms with van der Waals surface area (Å²) in [6.45, 7) is 5.63. The Kier molecular flexibility index (Phi) is 5.58. The maximum Gasteiger partial charge on any atom is 0.230 e. The number of aryl methyl sites for hydroxylation is 2. The van der Waals surface area contributed by atoms with Crippen LogP contribution in [0.1, 0.15) is 24.0 Å². The van der Waals surface area contributed by atoms with E-state index in [0.29, 0.717) is 5.75 Å². The van der Waals surface area contributed by atoms with Crippen LogP contribution < -0.4 is 5.32 Å². The molecule has 0 aliphatic carbocycles. The third kappa shape index (κ3) is 4.39. The number of thioether (sulfide) groups is 1. The van der Waals surface area contributed by atoms with Crippen LogP contribution in [-0.2, 0) is 9.53 Å². The van der Waals surface area contributed by atoms with E-state index in [1.807, 2.05) is 10.8 Å². The highest BCUT2D eigenvalue weighted by molar-refractivity contribution is 7.99. The molecular formula is C18H23N3O2S. The molecule has 1 N–H and O–H groups in total. The molecule has 1 aromatic heterocycles. The number of hydrogen-bond acceptors (Lipinski definition) is 4. The third-order valence-electron chi connectivity index (χ3n) is 4.01. The fraction of sp³-hybridized carbons (Fsp3) is 0.444. The van der Waals surface area contributed by atoms with Gasteiger partial charge in [-0.2, -0.15) is 0 Å². The summed E-state index contributed by atoms with van der Waals surface area (Å²) in [7, 11) is 0. The predicted molar refractivity (Wildman–Crippen MR) is 95.7 cm³/mol. The Bertz CT molecular complexity index is 688.